The molecule has 10 heteroatoms. The van der Waals surface area contributed by atoms with Crippen LogP contribution in [0.25, 0.3) is 16.7 Å². The summed E-state index contributed by atoms with van der Waals surface area (Å²) in [5.74, 6) is 1.37. The number of hydrogen-bond donors (Lipinski definition) is 0. The number of alkyl halides is 1. The molecule has 0 amide bonds. The Balaban J connectivity index is 1.29. The molecule has 0 N–H and O–H groups in total. The normalized spacial score (nSPS) is 23.6. The lowest BCUT2D eigenvalue weighted by Gasteiger charge is -2.43. The van der Waals surface area contributed by atoms with Crippen molar-refractivity contribution in [1.82, 2.24) is 29.5 Å². The number of methoxy groups -OCH3 is 1. The van der Waals surface area contributed by atoms with Crippen LogP contribution in [0.5, 0.6) is 6.01 Å². The van der Waals surface area contributed by atoms with Gasteiger partial charge in [0.05, 0.1) is 38.1 Å². The zero-order chi connectivity index (χ0) is 26.2. The molecule has 5 heterocycles. The molecule has 9 nitrogen and oxygen atoms in total. The second kappa shape index (κ2) is 10.7. The molecule has 3 aliphatic heterocycles. The second-order valence-electron chi connectivity index (χ2n) is 10.8. The number of benzene rings is 1. The van der Waals surface area contributed by atoms with Crippen LogP contribution in [0, 0.1) is 6.92 Å². The average molecular weight is 524 g/mol. The summed E-state index contributed by atoms with van der Waals surface area (Å²) < 4.78 is 28.2. The second-order valence-corrected chi connectivity index (χ2v) is 10.8. The van der Waals surface area contributed by atoms with Gasteiger partial charge in [0.1, 0.15) is 12.0 Å². The van der Waals surface area contributed by atoms with Crippen LogP contribution in [0.15, 0.2) is 24.4 Å². The van der Waals surface area contributed by atoms with Crippen LogP contribution in [0.4, 0.5) is 10.2 Å². The van der Waals surface area contributed by atoms with Gasteiger partial charge in [-0.25, -0.2) is 9.07 Å². The lowest BCUT2D eigenvalue weighted by Crippen LogP contribution is -2.54. The van der Waals surface area contributed by atoms with E-state index in [-0.39, 0.29) is 5.92 Å². The SMILES string of the molecule is CCCN1CCN(c2cc(-n3ncc4cc(C)c(C5CCN(C6COC6)CC5F)cc43)nc(OC)n2)CC1. The molecule has 3 aromatic rings. The summed E-state index contributed by atoms with van der Waals surface area (Å²) in [5.41, 5.74) is 3.09. The molecule has 3 aliphatic rings. The van der Waals surface area contributed by atoms with Gasteiger partial charge in [0.15, 0.2) is 5.82 Å². The highest BCUT2D eigenvalue weighted by molar-refractivity contribution is 5.82. The third-order valence-corrected chi connectivity index (χ3v) is 8.38. The first kappa shape index (κ1) is 25.5. The molecule has 0 bridgehead atoms. The van der Waals surface area contributed by atoms with E-state index in [0.29, 0.717) is 24.4 Å². The van der Waals surface area contributed by atoms with Gasteiger partial charge in [-0.15, -0.1) is 0 Å². The van der Waals surface area contributed by atoms with Crippen molar-refractivity contribution in [1.29, 1.82) is 0 Å². The summed E-state index contributed by atoms with van der Waals surface area (Å²) in [6.45, 7) is 12.1. The Morgan fingerprint density at radius 2 is 1.84 bits per heavy atom. The van der Waals surface area contributed by atoms with E-state index >= 15 is 4.39 Å². The first-order chi connectivity index (χ1) is 18.5. The van der Waals surface area contributed by atoms with E-state index in [4.69, 9.17) is 14.6 Å². The number of ether oxygens (including phenoxy) is 2. The summed E-state index contributed by atoms with van der Waals surface area (Å²) in [7, 11) is 1.59. The molecule has 1 aromatic carbocycles. The topological polar surface area (TPSA) is 71.8 Å². The molecule has 0 spiro atoms. The zero-order valence-corrected chi connectivity index (χ0v) is 22.6. The van der Waals surface area contributed by atoms with Gasteiger partial charge >= 0.3 is 6.01 Å². The Morgan fingerprint density at radius 1 is 1.05 bits per heavy atom. The van der Waals surface area contributed by atoms with Crippen molar-refractivity contribution in [3.63, 3.8) is 0 Å². The summed E-state index contributed by atoms with van der Waals surface area (Å²) >= 11 is 0. The van der Waals surface area contributed by atoms with Crippen molar-refractivity contribution in [3.05, 3.63) is 35.5 Å². The fourth-order valence-corrected chi connectivity index (χ4v) is 6.11. The van der Waals surface area contributed by atoms with Crippen LogP contribution < -0.4 is 9.64 Å². The van der Waals surface area contributed by atoms with E-state index < -0.39 is 6.17 Å². The van der Waals surface area contributed by atoms with Crippen LogP contribution >= 0.6 is 0 Å². The van der Waals surface area contributed by atoms with Crippen molar-refractivity contribution >= 4 is 16.7 Å². The molecule has 6 rings (SSSR count). The Hall–Kier alpha value is -2.82. The van der Waals surface area contributed by atoms with Crippen molar-refractivity contribution in [2.24, 2.45) is 0 Å². The summed E-state index contributed by atoms with van der Waals surface area (Å²) in [5, 5.41) is 5.70. The van der Waals surface area contributed by atoms with Gasteiger partial charge in [-0.1, -0.05) is 6.92 Å². The van der Waals surface area contributed by atoms with Crippen molar-refractivity contribution in [3.8, 4) is 11.8 Å². The highest BCUT2D eigenvalue weighted by Crippen LogP contribution is 2.36. The van der Waals surface area contributed by atoms with E-state index in [0.717, 1.165) is 93.2 Å². The number of aryl methyl sites for hydroxylation is 1. The molecule has 38 heavy (non-hydrogen) atoms. The number of fused-ring (bicyclic) bond motifs is 1. The first-order valence-corrected chi connectivity index (χ1v) is 13.9. The van der Waals surface area contributed by atoms with Crippen LogP contribution in [-0.4, -0.2) is 108 Å². The lowest BCUT2D eigenvalue weighted by atomic mass is 9.84. The molecule has 3 fully saturated rings. The minimum Gasteiger partial charge on any atom is -0.467 e. The standard InChI is InChI=1S/C28H38FN7O2/c1-4-6-33-8-10-34(11-9-33)26-14-27(32-28(31-26)37-3)36-25-13-23(19(2)12-20(25)15-30-36)22-5-7-35(16-24(22)29)21-17-38-18-21/h12-15,21-22,24H,4-11,16-18H2,1-3H3. The molecule has 3 saturated heterocycles. The van der Waals surface area contributed by atoms with Gasteiger partial charge in [0, 0.05) is 50.1 Å². The molecule has 0 radical (unpaired) electrons. The van der Waals surface area contributed by atoms with Gasteiger partial charge in [-0.3, -0.25) is 9.80 Å². The summed E-state index contributed by atoms with van der Waals surface area (Å²) in [6.07, 6.45) is 2.91. The predicted molar refractivity (Wildman–Crippen MR) is 145 cm³/mol. The summed E-state index contributed by atoms with van der Waals surface area (Å²) in [6, 6.07) is 6.92. The molecule has 2 aromatic heterocycles. The molecular formula is C28H38FN7O2. The average Bonchev–Trinajstić information content (AvgIpc) is 3.30. The predicted octanol–water partition coefficient (Wildman–Crippen LogP) is 3.19. The smallest absolute Gasteiger partial charge is 0.320 e. The Morgan fingerprint density at radius 3 is 2.53 bits per heavy atom. The van der Waals surface area contributed by atoms with Gasteiger partial charge < -0.3 is 14.4 Å². The summed E-state index contributed by atoms with van der Waals surface area (Å²) in [4.78, 5) is 16.3. The monoisotopic (exact) mass is 523 g/mol. The minimum atomic E-state index is -0.908. The van der Waals surface area contributed by atoms with Crippen molar-refractivity contribution in [2.45, 2.75) is 44.8 Å². The highest BCUT2D eigenvalue weighted by atomic mass is 19.1. The number of piperidine rings is 1. The number of rotatable bonds is 7. The first-order valence-electron chi connectivity index (χ1n) is 13.9. The van der Waals surface area contributed by atoms with Crippen LogP contribution in [0.1, 0.15) is 36.8 Å². The molecule has 0 aliphatic carbocycles. The molecule has 2 atom stereocenters. The fourth-order valence-electron chi connectivity index (χ4n) is 6.11. The van der Waals surface area contributed by atoms with Gasteiger partial charge in [0.25, 0.3) is 0 Å². The maximum atomic E-state index is 15.5. The molecule has 0 saturated carbocycles. The number of likely N-dealkylation sites (tertiary alicyclic amines) is 1. The minimum absolute atomic E-state index is 0.130. The van der Waals surface area contributed by atoms with E-state index in [1.54, 1.807) is 7.11 Å². The maximum Gasteiger partial charge on any atom is 0.320 e. The Labute approximate surface area is 223 Å². The van der Waals surface area contributed by atoms with E-state index in [2.05, 4.69) is 50.6 Å². The number of anilines is 1. The Kier molecular flexibility index (Phi) is 7.20. The Bertz CT molecular complexity index is 1270. The number of hydrogen-bond acceptors (Lipinski definition) is 8. The lowest BCUT2D eigenvalue weighted by molar-refractivity contribution is -0.0807. The number of halogens is 1. The number of aromatic nitrogens is 4. The van der Waals surface area contributed by atoms with Crippen LogP contribution in [0.3, 0.4) is 0 Å². The van der Waals surface area contributed by atoms with E-state index in [1.165, 1.54) is 0 Å². The third-order valence-electron chi connectivity index (χ3n) is 8.38. The third kappa shape index (κ3) is 4.85. The van der Waals surface area contributed by atoms with E-state index in [9.17, 15) is 0 Å². The van der Waals surface area contributed by atoms with Crippen molar-refractivity contribution < 1.29 is 13.9 Å². The number of nitrogens with zero attached hydrogens (tertiary/aromatic N) is 7. The fraction of sp³-hybridized carbons (Fsp3) is 0.607. The van der Waals surface area contributed by atoms with Gasteiger partial charge in [0.2, 0.25) is 0 Å². The van der Waals surface area contributed by atoms with Gasteiger partial charge in [-0.05, 0) is 56.1 Å². The van der Waals surface area contributed by atoms with Gasteiger partial charge in [-0.2, -0.15) is 15.1 Å². The van der Waals surface area contributed by atoms with Crippen LogP contribution in [0.2, 0.25) is 0 Å². The largest absolute Gasteiger partial charge is 0.467 e. The van der Waals surface area contributed by atoms with E-state index in [1.807, 2.05) is 16.9 Å². The van der Waals surface area contributed by atoms with Crippen LogP contribution in [-0.2, 0) is 4.74 Å². The number of piperazine rings is 1. The molecule has 204 valence electrons. The maximum absolute atomic E-state index is 15.5. The zero-order valence-electron chi connectivity index (χ0n) is 22.6. The quantitative estimate of drug-likeness (QED) is 0.468. The van der Waals surface area contributed by atoms with Crippen molar-refractivity contribution in [2.75, 3.05) is 71.0 Å². The molecular weight excluding hydrogens is 485 g/mol. The highest BCUT2D eigenvalue weighted by Gasteiger charge is 2.36. The molecule has 2 unspecified atom stereocenters.